The molecule has 1 amide bonds. The minimum atomic E-state index is -1.09. The van der Waals surface area contributed by atoms with Crippen LogP contribution in [0.5, 0.6) is 0 Å². The third-order valence-corrected chi connectivity index (χ3v) is 3.51. The van der Waals surface area contributed by atoms with Crippen LogP contribution in [0.25, 0.3) is 0 Å². The quantitative estimate of drug-likeness (QED) is 0.820. The number of carbonyl (C=O) groups is 2. The Bertz CT molecular complexity index is 603. The van der Waals surface area contributed by atoms with Gasteiger partial charge in [0, 0.05) is 13.0 Å². The number of aliphatic carboxylic acids is 1. The number of amides is 1. The SMILES string of the molecule is COCC(=O)N[C@H](C(=O)O)C(c1ccccc1)c1ccccc1. The van der Waals surface area contributed by atoms with Crippen LogP contribution in [0.2, 0.25) is 0 Å². The molecule has 0 radical (unpaired) electrons. The van der Waals surface area contributed by atoms with Gasteiger partial charge in [0.2, 0.25) is 5.91 Å². The van der Waals surface area contributed by atoms with E-state index in [4.69, 9.17) is 4.74 Å². The number of rotatable bonds is 7. The van der Waals surface area contributed by atoms with Gasteiger partial charge in [0.1, 0.15) is 12.6 Å². The van der Waals surface area contributed by atoms with Crippen molar-refractivity contribution in [3.8, 4) is 0 Å². The summed E-state index contributed by atoms with van der Waals surface area (Å²) in [5.74, 6) is -2.04. The first-order chi connectivity index (χ1) is 11.1. The molecule has 0 aliphatic rings. The molecule has 2 rings (SSSR count). The van der Waals surface area contributed by atoms with E-state index in [1.807, 2.05) is 60.7 Å². The monoisotopic (exact) mass is 313 g/mol. The number of hydrogen-bond donors (Lipinski definition) is 2. The summed E-state index contributed by atoms with van der Waals surface area (Å²) in [6.45, 7) is -0.180. The molecule has 0 fully saturated rings. The fourth-order valence-corrected chi connectivity index (χ4v) is 2.53. The van der Waals surface area contributed by atoms with Crippen molar-refractivity contribution in [1.82, 2.24) is 5.32 Å². The van der Waals surface area contributed by atoms with E-state index in [1.165, 1.54) is 7.11 Å². The maximum atomic E-state index is 11.8. The third kappa shape index (κ3) is 4.40. The fourth-order valence-electron chi connectivity index (χ4n) is 2.53. The van der Waals surface area contributed by atoms with Crippen molar-refractivity contribution in [2.75, 3.05) is 13.7 Å². The standard InChI is InChI=1S/C18H19NO4/c1-23-12-15(20)19-17(18(21)22)16(13-8-4-2-5-9-13)14-10-6-3-7-11-14/h2-11,16-17H,12H2,1H3,(H,19,20)(H,21,22)/t17-/m0/s1. The van der Waals surface area contributed by atoms with E-state index in [9.17, 15) is 14.7 Å². The van der Waals surface area contributed by atoms with Crippen LogP contribution in [0.15, 0.2) is 60.7 Å². The van der Waals surface area contributed by atoms with Crippen molar-refractivity contribution < 1.29 is 19.4 Å². The van der Waals surface area contributed by atoms with Crippen molar-refractivity contribution in [3.63, 3.8) is 0 Å². The molecule has 0 unspecified atom stereocenters. The number of carboxylic acid groups (broad SMARTS) is 1. The largest absolute Gasteiger partial charge is 0.480 e. The normalized spacial score (nSPS) is 11.9. The minimum absolute atomic E-state index is 0.180. The van der Waals surface area contributed by atoms with Gasteiger partial charge in [0.05, 0.1) is 0 Å². The molecule has 23 heavy (non-hydrogen) atoms. The summed E-state index contributed by atoms with van der Waals surface area (Å²) in [7, 11) is 1.39. The lowest BCUT2D eigenvalue weighted by Crippen LogP contribution is -2.46. The van der Waals surface area contributed by atoms with Crippen molar-refractivity contribution in [2.24, 2.45) is 0 Å². The highest BCUT2D eigenvalue weighted by atomic mass is 16.5. The number of ether oxygens (including phenoxy) is 1. The molecule has 5 nitrogen and oxygen atoms in total. The predicted octanol–water partition coefficient (Wildman–Crippen LogP) is 2.03. The summed E-state index contributed by atoms with van der Waals surface area (Å²) in [5, 5.41) is 12.2. The topological polar surface area (TPSA) is 75.6 Å². The average Bonchev–Trinajstić information content (AvgIpc) is 2.56. The zero-order chi connectivity index (χ0) is 16.7. The maximum absolute atomic E-state index is 11.8. The van der Waals surface area contributed by atoms with Crippen molar-refractivity contribution >= 4 is 11.9 Å². The van der Waals surface area contributed by atoms with Crippen LogP contribution in [-0.4, -0.2) is 36.7 Å². The van der Waals surface area contributed by atoms with Gasteiger partial charge in [-0.05, 0) is 11.1 Å². The summed E-state index contributed by atoms with van der Waals surface area (Å²) in [6, 6.07) is 17.5. The minimum Gasteiger partial charge on any atom is -0.480 e. The van der Waals surface area contributed by atoms with Crippen LogP contribution < -0.4 is 5.32 Å². The van der Waals surface area contributed by atoms with E-state index < -0.39 is 23.8 Å². The molecule has 5 heteroatoms. The molecule has 2 aromatic rings. The molecule has 2 N–H and O–H groups in total. The Morgan fingerprint density at radius 3 is 1.87 bits per heavy atom. The lowest BCUT2D eigenvalue weighted by atomic mass is 9.85. The van der Waals surface area contributed by atoms with Crippen LogP contribution in [0, 0.1) is 0 Å². The van der Waals surface area contributed by atoms with E-state index in [0.29, 0.717) is 0 Å². The van der Waals surface area contributed by atoms with Gasteiger partial charge in [-0.25, -0.2) is 4.79 Å². The Morgan fingerprint density at radius 1 is 1.00 bits per heavy atom. The molecular formula is C18H19NO4. The molecule has 2 aromatic carbocycles. The van der Waals surface area contributed by atoms with E-state index in [-0.39, 0.29) is 6.61 Å². The zero-order valence-electron chi connectivity index (χ0n) is 12.8. The summed E-state index contributed by atoms with van der Waals surface area (Å²) in [5.41, 5.74) is 1.65. The summed E-state index contributed by atoms with van der Waals surface area (Å²) in [6.07, 6.45) is 0. The molecular weight excluding hydrogens is 294 g/mol. The number of carboxylic acids is 1. The van der Waals surface area contributed by atoms with Crippen LogP contribution >= 0.6 is 0 Å². The number of hydrogen-bond acceptors (Lipinski definition) is 3. The highest BCUT2D eigenvalue weighted by molar-refractivity contribution is 5.85. The summed E-state index contributed by atoms with van der Waals surface area (Å²) in [4.78, 5) is 23.6. The molecule has 0 bridgehead atoms. The number of carbonyl (C=O) groups excluding carboxylic acids is 1. The van der Waals surface area contributed by atoms with Gasteiger partial charge in [-0.2, -0.15) is 0 Å². The van der Waals surface area contributed by atoms with Gasteiger partial charge in [-0.1, -0.05) is 60.7 Å². The molecule has 0 aliphatic carbocycles. The van der Waals surface area contributed by atoms with Crippen LogP contribution in [0.1, 0.15) is 17.0 Å². The molecule has 0 aromatic heterocycles. The van der Waals surface area contributed by atoms with E-state index >= 15 is 0 Å². The second kappa shape index (κ2) is 8.10. The Balaban J connectivity index is 2.41. The Hall–Kier alpha value is -2.66. The molecule has 0 saturated carbocycles. The van der Waals surface area contributed by atoms with Crippen LogP contribution in [0.3, 0.4) is 0 Å². The third-order valence-electron chi connectivity index (χ3n) is 3.51. The summed E-state index contributed by atoms with van der Waals surface area (Å²) < 4.78 is 4.77. The molecule has 0 aliphatic heterocycles. The predicted molar refractivity (Wildman–Crippen MR) is 86.2 cm³/mol. The van der Waals surface area contributed by atoms with Crippen molar-refractivity contribution in [3.05, 3.63) is 71.8 Å². The van der Waals surface area contributed by atoms with Crippen molar-refractivity contribution in [1.29, 1.82) is 0 Å². The average molecular weight is 313 g/mol. The highest BCUT2D eigenvalue weighted by Gasteiger charge is 2.32. The van der Waals surface area contributed by atoms with E-state index in [1.54, 1.807) is 0 Å². The maximum Gasteiger partial charge on any atom is 0.327 e. The molecule has 120 valence electrons. The first kappa shape index (κ1) is 16.7. The summed E-state index contributed by atoms with van der Waals surface area (Å²) >= 11 is 0. The van der Waals surface area contributed by atoms with Gasteiger partial charge in [0.15, 0.2) is 0 Å². The Morgan fingerprint density at radius 2 is 1.48 bits per heavy atom. The van der Waals surface area contributed by atoms with Crippen molar-refractivity contribution in [2.45, 2.75) is 12.0 Å². The number of methoxy groups -OCH3 is 1. The molecule has 0 spiro atoms. The zero-order valence-corrected chi connectivity index (χ0v) is 12.8. The molecule has 1 atom stereocenters. The molecule has 0 saturated heterocycles. The Labute approximate surface area is 134 Å². The second-order valence-corrected chi connectivity index (χ2v) is 5.12. The van der Waals surface area contributed by atoms with Crippen LogP contribution in [0.4, 0.5) is 0 Å². The second-order valence-electron chi connectivity index (χ2n) is 5.12. The lowest BCUT2D eigenvalue weighted by molar-refractivity contribution is -0.142. The highest BCUT2D eigenvalue weighted by Crippen LogP contribution is 2.28. The molecule has 0 heterocycles. The Kier molecular flexibility index (Phi) is 5.88. The van der Waals surface area contributed by atoms with E-state index in [0.717, 1.165) is 11.1 Å². The van der Waals surface area contributed by atoms with Crippen LogP contribution in [-0.2, 0) is 14.3 Å². The lowest BCUT2D eigenvalue weighted by Gasteiger charge is -2.26. The van der Waals surface area contributed by atoms with Gasteiger partial charge in [-0.3, -0.25) is 4.79 Å². The first-order valence-corrected chi connectivity index (χ1v) is 7.24. The number of nitrogens with one attached hydrogen (secondary N) is 1. The first-order valence-electron chi connectivity index (χ1n) is 7.24. The smallest absolute Gasteiger partial charge is 0.327 e. The van der Waals surface area contributed by atoms with Gasteiger partial charge < -0.3 is 15.2 Å². The van der Waals surface area contributed by atoms with Gasteiger partial charge in [-0.15, -0.1) is 0 Å². The fraction of sp³-hybridized carbons (Fsp3) is 0.222. The number of benzene rings is 2. The van der Waals surface area contributed by atoms with Gasteiger partial charge in [0.25, 0.3) is 0 Å². The van der Waals surface area contributed by atoms with Gasteiger partial charge >= 0.3 is 5.97 Å². The van der Waals surface area contributed by atoms with E-state index in [2.05, 4.69) is 5.32 Å².